The number of nitrogens with one attached hydrogen (secondary N) is 1. The predicted molar refractivity (Wildman–Crippen MR) is 81.5 cm³/mol. The van der Waals surface area contributed by atoms with Gasteiger partial charge in [-0.25, -0.2) is 14.6 Å². The first-order valence-corrected chi connectivity index (χ1v) is 7.38. The summed E-state index contributed by atoms with van der Waals surface area (Å²) in [7, 11) is 0. The first kappa shape index (κ1) is 18.0. The molecule has 0 aliphatic carbocycles. The maximum absolute atomic E-state index is 11.8. The SMILES string of the molecule is CCOC(=O)C(C)n1cncc1CCNC(=O)OC(C)(C)C. The summed E-state index contributed by atoms with van der Waals surface area (Å²) < 4.78 is 11.9. The Morgan fingerprint density at radius 3 is 2.68 bits per heavy atom. The molecule has 0 aliphatic heterocycles. The molecule has 124 valence electrons. The highest BCUT2D eigenvalue weighted by Crippen LogP contribution is 2.12. The molecule has 1 heterocycles. The summed E-state index contributed by atoms with van der Waals surface area (Å²) in [6, 6.07) is -0.445. The summed E-state index contributed by atoms with van der Waals surface area (Å²) in [4.78, 5) is 27.4. The van der Waals surface area contributed by atoms with E-state index in [2.05, 4.69) is 10.3 Å². The predicted octanol–water partition coefficient (Wildman–Crippen LogP) is 2.07. The van der Waals surface area contributed by atoms with Gasteiger partial charge in [-0.15, -0.1) is 0 Å². The number of carbonyl (C=O) groups is 2. The molecule has 0 aromatic carbocycles. The third-order valence-electron chi connectivity index (χ3n) is 2.84. The van der Waals surface area contributed by atoms with Gasteiger partial charge in [-0.1, -0.05) is 0 Å². The van der Waals surface area contributed by atoms with Crippen LogP contribution in [0.3, 0.4) is 0 Å². The minimum atomic E-state index is -0.524. The second-order valence-corrected chi connectivity index (χ2v) is 5.90. The van der Waals surface area contributed by atoms with Gasteiger partial charge in [0.25, 0.3) is 0 Å². The number of ether oxygens (including phenoxy) is 2. The normalized spacial score (nSPS) is 12.6. The molecule has 7 heteroatoms. The number of carbonyl (C=O) groups excluding carboxylic acids is 2. The summed E-state index contributed by atoms with van der Waals surface area (Å²) in [5.74, 6) is -0.304. The van der Waals surface area contributed by atoms with E-state index in [1.807, 2.05) is 20.8 Å². The van der Waals surface area contributed by atoms with Gasteiger partial charge in [-0.3, -0.25) is 0 Å². The van der Waals surface area contributed by atoms with Crippen LogP contribution < -0.4 is 5.32 Å². The van der Waals surface area contributed by atoms with Gasteiger partial charge in [0.1, 0.15) is 11.6 Å². The molecule has 0 fully saturated rings. The number of amides is 1. The first-order valence-electron chi connectivity index (χ1n) is 7.38. The molecule has 1 N–H and O–H groups in total. The van der Waals surface area contributed by atoms with Crippen molar-refractivity contribution < 1.29 is 19.1 Å². The van der Waals surface area contributed by atoms with Crippen molar-refractivity contribution in [3.63, 3.8) is 0 Å². The molecule has 1 amide bonds. The zero-order valence-electron chi connectivity index (χ0n) is 13.9. The van der Waals surface area contributed by atoms with Crippen LogP contribution in [0.25, 0.3) is 0 Å². The van der Waals surface area contributed by atoms with Crippen molar-refractivity contribution >= 4 is 12.1 Å². The van der Waals surface area contributed by atoms with E-state index in [1.165, 1.54) is 0 Å². The van der Waals surface area contributed by atoms with Crippen molar-refractivity contribution in [3.05, 3.63) is 18.2 Å². The Morgan fingerprint density at radius 2 is 2.09 bits per heavy atom. The molecule has 0 bridgehead atoms. The molecule has 0 saturated heterocycles. The van der Waals surface area contributed by atoms with Gasteiger partial charge in [0.15, 0.2) is 0 Å². The van der Waals surface area contributed by atoms with E-state index in [0.29, 0.717) is 19.6 Å². The Balaban J connectivity index is 2.53. The number of esters is 1. The lowest BCUT2D eigenvalue weighted by Gasteiger charge is -2.20. The summed E-state index contributed by atoms with van der Waals surface area (Å²) in [5.41, 5.74) is 0.321. The summed E-state index contributed by atoms with van der Waals surface area (Å²) in [6.45, 7) is 9.69. The van der Waals surface area contributed by atoms with Gasteiger partial charge in [0, 0.05) is 24.9 Å². The monoisotopic (exact) mass is 311 g/mol. The Hall–Kier alpha value is -2.05. The molecule has 22 heavy (non-hydrogen) atoms. The fourth-order valence-corrected chi connectivity index (χ4v) is 1.86. The molecule has 7 nitrogen and oxygen atoms in total. The number of nitrogens with zero attached hydrogens (tertiary/aromatic N) is 2. The van der Waals surface area contributed by atoms with Crippen molar-refractivity contribution in [1.82, 2.24) is 14.9 Å². The van der Waals surface area contributed by atoms with Crippen LogP contribution in [-0.2, 0) is 20.7 Å². The highest BCUT2D eigenvalue weighted by molar-refractivity contribution is 5.73. The van der Waals surface area contributed by atoms with Crippen LogP contribution in [0.2, 0.25) is 0 Å². The molecule has 0 radical (unpaired) electrons. The number of hydrogen-bond acceptors (Lipinski definition) is 5. The van der Waals surface area contributed by atoms with Gasteiger partial charge in [-0.2, -0.15) is 0 Å². The second kappa shape index (κ2) is 7.82. The minimum Gasteiger partial charge on any atom is -0.464 e. The molecule has 1 atom stereocenters. The lowest BCUT2D eigenvalue weighted by Crippen LogP contribution is -2.33. The fraction of sp³-hybridized carbons (Fsp3) is 0.667. The van der Waals surface area contributed by atoms with Gasteiger partial charge in [0.2, 0.25) is 0 Å². The maximum atomic E-state index is 11.8. The highest BCUT2D eigenvalue weighted by atomic mass is 16.6. The van der Waals surface area contributed by atoms with E-state index in [-0.39, 0.29) is 5.97 Å². The smallest absolute Gasteiger partial charge is 0.407 e. The third-order valence-corrected chi connectivity index (χ3v) is 2.84. The van der Waals surface area contributed by atoms with Gasteiger partial charge in [0.05, 0.1) is 12.9 Å². The van der Waals surface area contributed by atoms with Crippen molar-refractivity contribution in [1.29, 1.82) is 0 Å². The van der Waals surface area contributed by atoms with Crippen LogP contribution in [0.4, 0.5) is 4.79 Å². The number of alkyl carbamates (subject to hydrolysis) is 1. The van der Waals surface area contributed by atoms with Gasteiger partial charge < -0.3 is 19.4 Å². The van der Waals surface area contributed by atoms with E-state index in [4.69, 9.17) is 9.47 Å². The Morgan fingerprint density at radius 1 is 1.41 bits per heavy atom. The molecule has 1 unspecified atom stereocenters. The van der Waals surface area contributed by atoms with Gasteiger partial charge in [-0.05, 0) is 34.6 Å². The molecule has 0 saturated carbocycles. The summed E-state index contributed by atoms with van der Waals surface area (Å²) >= 11 is 0. The van der Waals surface area contributed by atoms with Crippen molar-refractivity contribution in [2.45, 2.75) is 52.7 Å². The quantitative estimate of drug-likeness (QED) is 0.813. The highest BCUT2D eigenvalue weighted by Gasteiger charge is 2.19. The lowest BCUT2D eigenvalue weighted by atomic mass is 10.2. The molecule has 1 aromatic heterocycles. The van der Waals surface area contributed by atoms with Crippen LogP contribution in [0.15, 0.2) is 12.5 Å². The van der Waals surface area contributed by atoms with Gasteiger partial charge >= 0.3 is 12.1 Å². The number of aromatic nitrogens is 2. The van der Waals surface area contributed by atoms with Crippen LogP contribution in [0.5, 0.6) is 0 Å². The molecule has 1 aromatic rings. The van der Waals surface area contributed by atoms with Crippen LogP contribution in [0.1, 0.15) is 46.4 Å². The Kier molecular flexibility index (Phi) is 6.39. The minimum absolute atomic E-state index is 0.304. The molecule has 0 aliphatic rings. The molecule has 0 spiro atoms. The Labute approximate surface area is 131 Å². The molecular weight excluding hydrogens is 286 g/mol. The third kappa shape index (κ3) is 5.75. The van der Waals surface area contributed by atoms with E-state index < -0.39 is 17.7 Å². The summed E-state index contributed by atoms with van der Waals surface area (Å²) in [5, 5.41) is 2.68. The number of imidazole rings is 1. The van der Waals surface area contributed by atoms with E-state index in [9.17, 15) is 9.59 Å². The lowest BCUT2D eigenvalue weighted by molar-refractivity contribution is -0.146. The van der Waals surface area contributed by atoms with E-state index in [1.54, 1.807) is 30.9 Å². The zero-order valence-corrected chi connectivity index (χ0v) is 13.9. The second-order valence-electron chi connectivity index (χ2n) is 5.90. The van der Waals surface area contributed by atoms with Crippen LogP contribution >= 0.6 is 0 Å². The van der Waals surface area contributed by atoms with E-state index in [0.717, 1.165) is 5.69 Å². The standard InChI is InChI=1S/C15H25N3O4/c1-6-21-13(19)11(2)18-10-16-9-12(18)7-8-17-14(20)22-15(3,4)5/h9-11H,6-8H2,1-5H3,(H,17,20). The van der Waals surface area contributed by atoms with E-state index >= 15 is 0 Å². The average Bonchev–Trinajstić information content (AvgIpc) is 2.84. The maximum Gasteiger partial charge on any atom is 0.407 e. The van der Waals surface area contributed by atoms with Crippen LogP contribution in [0, 0.1) is 0 Å². The number of rotatable bonds is 6. The largest absolute Gasteiger partial charge is 0.464 e. The summed E-state index contributed by atoms with van der Waals surface area (Å²) in [6.07, 6.45) is 3.34. The topological polar surface area (TPSA) is 82.5 Å². The average molecular weight is 311 g/mol. The Bertz CT molecular complexity index is 505. The van der Waals surface area contributed by atoms with Crippen LogP contribution in [-0.4, -0.2) is 40.4 Å². The molecule has 1 rings (SSSR count). The zero-order chi connectivity index (χ0) is 16.8. The van der Waals surface area contributed by atoms with Crippen molar-refractivity contribution in [3.8, 4) is 0 Å². The van der Waals surface area contributed by atoms with Crippen molar-refractivity contribution in [2.24, 2.45) is 0 Å². The van der Waals surface area contributed by atoms with Crippen molar-refractivity contribution in [2.75, 3.05) is 13.2 Å². The molecular formula is C15H25N3O4. The fourth-order valence-electron chi connectivity index (χ4n) is 1.86. The first-order chi connectivity index (χ1) is 10.2. The number of hydrogen-bond donors (Lipinski definition) is 1.